The number of Topliss-reactive ketones (excluding diaryl/α,β-unsaturated/α-hetero) is 1. The van der Waals surface area contributed by atoms with Crippen LogP contribution in [0.15, 0.2) is 12.3 Å². The van der Waals surface area contributed by atoms with Gasteiger partial charge in [-0.3, -0.25) is 9.48 Å². The molecule has 0 spiro atoms. The van der Waals surface area contributed by atoms with Gasteiger partial charge in [0.1, 0.15) is 5.78 Å². The zero-order valence-corrected chi connectivity index (χ0v) is 11.1. The lowest BCUT2D eigenvalue weighted by atomic mass is 9.98. The van der Waals surface area contributed by atoms with Crippen molar-refractivity contribution in [3.05, 3.63) is 18.0 Å². The maximum Gasteiger partial charge on any atom is 0.143 e. The molecule has 2 rings (SSSR count). The SMILES string of the molecule is CCC(CN)C(=O)Cc1ccn(C2CCCC2)n1. The van der Waals surface area contributed by atoms with Gasteiger partial charge in [-0.25, -0.2) is 0 Å². The summed E-state index contributed by atoms with van der Waals surface area (Å²) in [5.41, 5.74) is 6.48. The Morgan fingerprint density at radius 2 is 2.28 bits per heavy atom. The third kappa shape index (κ3) is 2.99. The molecule has 1 heterocycles. The van der Waals surface area contributed by atoms with Crippen LogP contribution in [0.5, 0.6) is 0 Å². The minimum Gasteiger partial charge on any atom is -0.330 e. The first-order valence-electron chi connectivity index (χ1n) is 7.01. The summed E-state index contributed by atoms with van der Waals surface area (Å²) in [6, 6.07) is 2.52. The molecule has 1 aromatic heterocycles. The van der Waals surface area contributed by atoms with Crippen molar-refractivity contribution < 1.29 is 4.79 Å². The first-order valence-corrected chi connectivity index (χ1v) is 7.01. The number of nitrogens with zero attached hydrogens (tertiary/aromatic N) is 2. The van der Waals surface area contributed by atoms with Gasteiger partial charge in [-0.15, -0.1) is 0 Å². The van der Waals surface area contributed by atoms with Gasteiger partial charge in [-0.05, 0) is 25.3 Å². The zero-order valence-electron chi connectivity index (χ0n) is 11.1. The normalized spacial score (nSPS) is 18.1. The maximum atomic E-state index is 12.0. The predicted molar refractivity (Wildman–Crippen MR) is 71.3 cm³/mol. The third-order valence-electron chi connectivity index (χ3n) is 3.95. The highest BCUT2D eigenvalue weighted by molar-refractivity contribution is 5.83. The fourth-order valence-electron chi connectivity index (χ4n) is 2.69. The monoisotopic (exact) mass is 249 g/mol. The van der Waals surface area contributed by atoms with E-state index in [-0.39, 0.29) is 11.7 Å². The molecule has 4 nitrogen and oxygen atoms in total. The molecule has 2 N–H and O–H groups in total. The van der Waals surface area contributed by atoms with Crippen LogP contribution >= 0.6 is 0 Å². The van der Waals surface area contributed by atoms with E-state index in [1.54, 1.807) is 0 Å². The Hall–Kier alpha value is -1.16. The first kappa shape index (κ1) is 13.3. The molecule has 18 heavy (non-hydrogen) atoms. The van der Waals surface area contributed by atoms with Gasteiger partial charge in [0.15, 0.2) is 0 Å². The van der Waals surface area contributed by atoms with Crippen LogP contribution in [0.25, 0.3) is 0 Å². The van der Waals surface area contributed by atoms with Gasteiger partial charge in [0.25, 0.3) is 0 Å². The van der Waals surface area contributed by atoms with E-state index in [1.807, 2.05) is 23.9 Å². The molecule has 1 unspecified atom stereocenters. The number of ketones is 1. The average molecular weight is 249 g/mol. The van der Waals surface area contributed by atoms with E-state index in [9.17, 15) is 4.79 Å². The predicted octanol–water partition coefficient (Wildman–Crippen LogP) is 2.09. The highest BCUT2D eigenvalue weighted by atomic mass is 16.1. The van der Waals surface area contributed by atoms with E-state index in [0.717, 1.165) is 12.1 Å². The number of carbonyl (C=O) groups is 1. The molecular weight excluding hydrogens is 226 g/mol. The molecule has 0 bridgehead atoms. The minimum absolute atomic E-state index is 0.0124. The molecule has 1 atom stereocenters. The van der Waals surface area contributed by atoms with Gasteiger partial charge in [0, 0.05) is 18.7 Å². The largest absolute Gasteiger partial charge is 0.330 e. The summed E-state index contributed by atoms with van der Waals surface area (Å²) in [6.45, 7) is 2.45. The molecule has 0 amide bonds. The molecule has 1 aliphatic carbocycles. The summed E-state index contributed by atoms with van der Waals surface area (Å²) in [5, 5.41) is 4.54. The van der Waals surface area contributed by atoms with Crippen LogP contribution in [-0.2, 0) is 11.2 Å². The second kappa shape index (κ2) is 6.14. The van der Waals surface area contributed by atoms with E-state index in [4.69, 9.17) is 5.73 Å². The first-order chi connectivity index (χ1) is 8.74. The van der Waals surface area contributed by atoms with Crippen LogP contribution in [0.1, 0.15) is 50.8 Å². The number of carbonyl (C=O) groups excluding carboxylic acids is 1. The topological polar surface area (TPSA) is 60.9 Å². The molecule has 1 aliphatic rings. The van der Waals surface area contributed by atoms with Crippen LogP contribution < -0.4 is 5.73 Å². The Labute approximate surface area is 109 Å². The quantitative estimate of drug-likeness (QED) is 0.839. The van der Waals surface area contributed by atoms with Crippen molar-refractivity contribution in [2.45, 2.75) is 51.5 Å². The van der Waals surface area contributed by atoms with Gasteiger partial charge in [-0.2, -0.15) is 5.10 Å². The van der Waals surface area contributed by atoms with Crippen LogP contribution in [-0.4, -0.2) is 22.1 Å². The molecule has 1 saturated carbocycles. The fraction of sp³-hybridized carbons (Fsp3) is 0.714. The highest BCUT2D eigenvalue weighted by Crippen LogP contribution is 2.28. The van der Waals surface area contributed by atoms with Gasteiger partial charge < -0.3 is 5.73 Å². The maximum absolute atomic E-state index is 12.0. The van der Waals surface area contributed by atoms with E-state index in [2.05, 4.69) is 5.10 Å². The Bertz CT molecular complexity index is 389. The Morgan fingerprint density at radius 3 is 2.89 bits per heavy atom. The lowest BCUT2D eigenvalue weighted by Crippen LogP contribution is -2.24. The van der Waals surface area contributed by atoms with Crippen LogP contribution in [0.4, 0.5) is 0 Å². The summed E-state index contributed by atoms with van der Waals surface area (Å²) in [5.74, 6) is 0.207. The lowest BCUT2D eigenvalue weighted by Gasteiger charge is -2.10. The highest BCUT2D eigenvalue weighted by Gasteiger charge is 2.19. The molecule has 0 saturated heterocycles. The second-order valence-corrected chi connectivity index (χ2v) is 5.21. The van der Waals surface area contributed by atoms with E-state index < -0.39 is 0 Å². The van der Waals surface area contributed by atoms with E-state index in [0.29, 0.717) is 19.0 Å². The molecule has 0 aromatic carbocycles. The Morgan fingerprint density at radius 1 is 1.56 bits per heavy atom. The number of hydrogen-bond acceptors (Lipinski definition) is 3. The number of nitrogens with two attached hydrogens (primary N) is 1. The average Bonchev–Trinajstić information content (AvgIpc) is 3.00. The summed E-state index contributed by atoms with van der Waals surface area (Å²) in [6.07, 6.45) is 8.29. The standard InChI is InChI=1S/C14H23N3O/c1-2-11(10-15)14(18)9-12-7-8-17(16-12)13-5-3-4-6-13/h7-8,11,13H,2-6,9-10,15H2,1H3. The molecular formula is C14H23N3O. The number of aromatic nitrogens is 2. The van der Waals surface area contributed by atoms with Gasteiger partial charge in [-0.1, -0.05) is 19.8 Å². The third-order valence-corrected chi connectivity index (χ3v) is 3.95. The summed E-state index contributed by atoms with van der Waals surface area (Å²) in [4.78, 5) is 12.0. The second-order valence-electron chi connectivity index (χ2n) is 5.21. The van der Waals surface area contributed by atoms with Crippen molar-refractivity contribution >= 4 is 5.78 Å². The van der Waals surface area contributed by atoms with Gasteiger partial charge in [0.2, 0.25) is 0 Å². The summed E-state index contributed by atoms with van der Waals surface area (Å²) >= 11 is 0. The molecule has 0 radical (unpaired) electrons. The van der Waals surface area contributed by atoms with Crippen molar-refractivity contribution in [3.63, 3.8) is 0 Å². The lowest BCUT2D eigenvalue weighted by molar-refractivity contribution is -0.122. The van der Waals surface area contributed by atoms with Crippen molar-refractivity contribution in [1.29, 1.82) is 0 Å². The zero-order chi connectivity index (χ0) is 13.0. The molecule has 4 heteroatoms. The summed E-state index contributed by atoms with van der Waals surface area (Å²) in [7, 11) is 0. The van der Waals surface area contributed by atoms with Crippen molar-refractivity contribution in [2.75, 3.05) is 6.54 Å². The summed E-state index contributed by atoms with van der Waals surface area (Å²) < 4.78 is 2.04. The number of rotatable bonds is 6. The Balaban J connectivity index is 1.95. The van der Waals surface area contributed by atoms with E-state index >= 15 is 0 Å². The smallest absolute Gasteiger partial charge is 0.143 e. The van der Waals surface area contributed by atoms with Crippen LogP contribution in [0.3, 0.4) is 0 Å². The van der Waals surface area contributed by atoms with Gasteiger partial charge in [0.05, 0.1) is 18.2 Å². The Kier molecular flexibility index (Phi) is 4.53. The minimum atomic E-state index is -0.0124. The van der Waals surface area contributed by atoms with Crippen molar-refractivity contribution in [2.24, 2.45) is 11.7 Å². The molecule has 0 aliphatic heterocycles. The van der Waals surface area contributed by atoms with Crippen LogP contribution in [0.2, 0.25) is 0 Å². The van der Waals surface area contributed by atoms with Crippen LogP contribution in [0, 0.1) is 5.92 Å². The fourth-order valence-corrected chi connectivity index (χ4v) is 2.69. The molecule has 1 fully saturated rings. The van der Waals surface area contributed by atoms with Gasteiger partial charge >= 0.3 is 0 Å². The number of hydrogen-bond donors (Lipinski definition) is 1. The molecule has 100 valence electrons. The van der Waals surface area contributed by atoms with E-state index in [1.165, 1.54) is 25.7 Å². The van der Waals surface area contributed by atoms with Crippen molar-refractivity contribution in [1.82, 2.24) is 9.78 Å². The molecule has 1 aromatic rings. The van der Waals surface area contributed by atoms with Crippen molar-refractivity contribution in [3.8, 4) is 0 Å².